The van der Waals surface area contributed by atoms with Crippen LogP contribution in [0.5, 0.6) is 5.75 Å². The molecule has 1 heterocycles. The topological polar surface area (TPSA) is 22.1 Å². The second-order valence-corrected chi connectivity index (χ2v) is 2.71. The Labute approximate surface area is 79.7 Å². The van der Waals surface area contributed by atoms with Gasteiger partial charge in [-0.1, -0.05) is 18.2 Å². The first kappa shape index (κ1) is 8.93. The first-order chi connectivity index (χ1) is 6.77. The van der Waals surface area contributed by atoms with Gasteiger partial charge in [0, 0.05) is 11.6 Å². The number of para-hydroxylation sites is 1. The maximum absolute atomic E-state index is 12.0. The van der Waals surface area contributed by atoms with Crippen molar-refractivity contribution in [2.75, 3.05) is 0 Å². The Hall–Kier alpha value is -1.65. The predicted octanol–water partition coefficient (Wildman–Crippen LogP) is 2.54. The molecule has 2 aromatic rings. The van der Waals surface area contributed by atoms with E-state index in [1.54, 1.807) is 30.5 Å². The average Bonchev–Trinajstić information content (AvgIpc) is 2.18. The summed E-state index contributed by atoms with van der Waals surface area (Å²) in [7, 11) is -2.82. The van der Waals surface area contributed by atoms with Crippen molar-refractivity contribution in [1.82, 2.24) is 4.98 Å². The molecule has 0 aliphatic rings. The summed E-state index contributed by atoms with van der Waals surface area (Å²) in [5.74, 6) is 0.109. The molecule has 70 valence electrons. The molecule has 2 rings (SSSR count). The lowest BCUT2D eigenvalue weighted by atomic mass is 10.2. The average molecular weight is 193 g/mol. The molecule has 0 fully saturated rings. The molecular weight excluding hydrogens is 187 g/mol. The van der Waals surface area contributed by atoms with Gasteiger partial charge in [-0.05, 0) is 12.1 Å². The molecule has 0 amide bonds. The molecule has 14 heavy (non-hydrogen) atoms. The molecule has 0 radical (unpaired) electrons. The lowest BCUT2D eigenvalue weighted by Gasteiger charge is -2.04. The molecular formula is C9H6BF2NO. The van der Waals surface area contributed by atoms with Crippen LogP contribution in [0.3, 0.4) is 0 Å². The highest BCUT2D eigenvalue weighted by molar-refractivity contribution is 6.35. The zero-order chi connectivity index (χ0) is 9.97. The van der Waals surface area contributed by atoms with Gasteiger partial charge in [0.15, 0.2) is 0 Å². The number of fused-ring (bicyclic) bond motifs is 1. The van der Waals surface area contributed by atoms with E-state index in [9.17, 15) is 8.63 Å². The van der Waals surface area contributed by atoms with Crippen molar-refractivity contribution in [3.8, 4) is 5.75 Å². The van der Waals surface area contributed by atoms with Crippen LogP contribution in [-0.4, -0.2) is 12.5 Å². The maximum atomic E-state index is 12.0. The Balaban J connectivity index is 2.53. The van der Waals surface area contributed by atoms with Crippen LogP contribution >= 0.6 is 0 Å². The van der Waals surface area contributed by atoms with Crippen LogP contribution in [0.2, 0.25) is 0 Å². The van der Waals surface area contributed by atoms with Crippen molar-refractivity contribution in [2.24, 2.45) is 0 Å². The monoisotopic (exact) mass is 193 g/mol. The van der Waals surface area contributed by atoms with E-state index < -0.39 is 7.47 Å². The Bertz CT molecular complexity index is 444. The summed E-state index contributed by atoms with van der Waals surface area (Å²) in [6.07, 6.45) is 1.54. The van der Waals surface area contributed by atoms with Crippen LogP contribution in [0.1, 0.15) is 0 Å². The number of rotatable bonds is 2. The highest BCUT2D eigenvalue weighted by atomic mass is 19.2. The van der Waals surface area contributed by atoms with E-state index in [0.717, 1.165) is 5.39 Å². The van der Waals surface area contributed by atoms with Gasteiger partial charge in [-0.25, -0.2) is 8.63 Å². The summed E-state index contributed by atoms with van der Waals surface area (Å²) in [5, 5.41) is 0.783. The maximum Gasteiger partial charge on any atom is 0.796 e. The van der Waals surface area contributed by atoms with E-state index >= 15 is 0 Å². The fourth-order valence-corrected chi connectivity index (χ4v) is 1.27. The number of nitrogens with zero attached hydrogens (tertiary/aromatic N) is 1. The second kappa shape index (κ2) is 3.61. The molecule has 1 aromatic heterocycles. The summed E-state index contributed by atoms with van der Waals surface area (Å²) in [6.45, 7) is 0. The fourth-order valence-electron chi connectivity index (χ4n) is 1.27. The summed E-state index contributed by atoms with van der Waals surface area (Å²) in [6, 6.07) is 8.46. The fraction of sp³-hybridized carbons (Fsp3) is 0. The van der Waals surface area contributed by atoms with Gasteiger partial charge in [-0.15, -0.1) is 0 Å². The summed E-state index contributed by atoms with van der Waals surface area (Å²) >= 11 is 0. The summed E-state index contributed by atoms with van der Waals surface area (Å²) in [4.78, 5) is 3.98. The quantitative estimate of drug-likeness (QED) is 0.683. The van der Waals surface area contributed by atoms with Gasteiger partial charge in [0.1, 0.15) is 11.3 Å². The zero-order valence-electron chi connectivity index (χ0n) is 7.15. The standard InChI is InChI=1S/C9H6BF2NO/c11-10(12)14-8-5-1-3-7-4-2-6-13-9(7)8/h1-6H. The summed E-state index contributed by atoms with van der Waals surface area (Å²) < 4.78 is 28.3. The van der Waals surface area contributed by atoms with Crippen molar-refractivity contribution in [3.05, 3.63) is 36.5 Å². The van der Waals surface area contributed by atoms with Crippen LogP contribution in [0.25, 0.3) is 10.9 Å². The molecule has 0 aliphatic heterocycles. The molecule has 0 aliphatic carbocycles. The predicted molar refractivity (Wildman–Crippen MR) is 50.3 cm³/mol. The lowest BCUT2D eigenvalue weighted by Crippen LogP contribution is -2.08. The lowest BCUT2D eigenvalue weighted by molar-refractivity contribution is 0.429. The molecule has 0 N–H and O–H groups in total. The van der Waals surface area contributed by atoms with Crippen LogP contribution in [0.4, 0.5) is 8.63 Å². The number of pyridine rings is 1. The molecule has 0 spiro atoms. The third kappa shape index (κ3) is 1.66. The minimum Gasteiger partial charge on any atom is -0.503 e. The first-order valence-corrected chi connectivity index (χ1v) is 4.06. The van der Waals surface area contributed by atoms with E-state index in [4.69, 9.17) is 0 Å². The number of hydrogen-bond donors (Lipinski definition) is 0. The van der Waals surface area contributed by atoms with E-state index in [1.807, 2.05) is 0 Å². The largest absolute Gasteiger partial charge is 0.796 e. The van der Waals surface area contributed by atoms with Crippen molar-refractivity contribution in [1.29, 1.82) is 0 Å². The third-order valence-corrected chi connectivity index (χ3v) is 1.81. The molecule has 0 bridgehead atoms. The van der Waals surface area contributed by atoms with Crippen LogP contribution in [0, 0.1) is 0 Å². The second-order valence-electron chi connectivity index (χ2n) is 2.71. The Morgan fingerprint density at radius 2 is 1.93 bits per heavy atom. The van der Waals surface area contributed by atoms with Crippen LogP contribution < -0.4 is 4.65 Å². The highest BCUT2D eigenvalue weighted by Gasteiger charge is 2.19. The first-order valence-electron chi connectivity index (χ1n) is 4.06. The molecule has 0 saturated heterocycles. The molecule has 5 heteroatoms. The van der Waals surface area contributed by atoms with E-state index in [2.05, 4.69) is 9.64 Å². The van der Waals surface area contributed by atoms with Crippen LogP contribution in [0.15, 0.2) is 36.5 Å². The van der Waals surface area contributed by atoms with Crippen LogP contribution in [-0.2, 0) is 0 Å². The Morgan fingerprint density at radius 3 is 2.71 bits per heavy atom. The van der Waals surface area contributed by atoms with Gasteiger partial charge in [-0.3, -0.25) is 4.98 Å². The number of hydrogen-bond acceptors (Lipinski definition) is 2. The smallest absolute Gasteiger partial charge is 0.503 e. The van der Waals surface area contributed by atoms with Crippen molar-refractivity contribution < 1.29 is 13.3 Å². The number of benzene rings is 1. The van der Waals surface area contributed by atoms with E-state index in [1.165, 1.54) is 6.07 Å². The minimum atomic E-state index is -2.82. The SMILES string of the molecule is FB(F)Oc1cccc2cccnc12. The normalized spacial score (nSPS) is 10.1. The summed E-state index contributed by atoms with van der Waals surface area (Å²) in [5.41, 5.74) is 0.454. The third-order valence-electron chi connectivity index (χ3n) is 1.81. The minimum absolute atomic E-state index is 0.109. The van der Waals surface area contributed by atoms with Crippen molar-refractivity contribution in [2.45, 2.75) is 0 Å². The molecule has 0 unspecified atom stereocenters. The van der Waals surface area contributed by atoms with Gasteiger partial charge in [-0.2, -0.15) is 0 Å². The zero-order valence-corrected chi connectivity index (χ0v) is 7.15. The number of halogens is 2. The van der Waals surface area contributed by atoms with Gasteiger partial charge < -0.3 is 4.65 Å². The van der Waals surface area contributed by atoms with E-state index in [-0.39, 0.29) is 5.75 Å². The van der Waals surface area contributed by atoms with E-state index in [0.29, 0.717) is 5.52 Å². The van der Waals surface area contributed by atoms with Gasteiger partial charge >= 0.3 is 7.47 Å². The molecule has 0 saturated carbocycles. The highest BCUT2D eigenvalue weighted by Crippen LogP contribution is 2.23. The van der Waals surface area contributed by atoms with Crippen molar-refractivity contribution in [3.63, 3.8) is 0 Å². The van der Waals surface area contributed by atoms with Gasteiger partial charge in [0.25, 0.3) is 0 Å². The Kier molecular flexibility index (Phi) is 2.31. The molecule has 1 aromatic carbocycles. The molecule has 2 nitrogen and oxygen atoms in total. The Morgan fingerprint density at radius 1 is 1.14 bits per heavy atom. The molecule has 0 atom stereocenters. The van der Waals surface area contributed by atoms with Gasteiger partial charge in [0.05, 0.1) is 0 Å². The van der Waals surface area contributed by atoms with Crippen molar-refractivity contribution >= 4 is 18.4 Å². The number of aromatic nitrogens is 1. The van der Waals surface area contributed by atoms with Gasteiger partial charge in [0.2, 0.25) is 0 Å².